The smallest absolute Gasteiger partial charge is 0.307 e. The van der Waals surface area contributed by atoms with Gasteiger partial charge < -0.3 is 31.2 Å². The highest BCUT2D eigenvalue weighted by atomic mass is 16.5. The third-order valence-electron chi connectivity index (χ3n) is 15.9. The Bertz CT molecular complexity index is 1440. The lowest BCUT2D eigenvalue weighted by atomic mass is 9.34. The summed E-state index contributed by atoms with van der Waals surface area (Å²) in [6.07, 6.45) is 7.82. The molecule has 0 amide bonds. The van der Waals surface area contributed by atoms with Crippen molar-refractivity contribution in [2.45, 2.75) is 137 Å². The fraction of sp³-hybridized carbons (Fsp3) is 0.895. The second kappa shape index (κ2) is 12.3. The van der Waals surface area contributed by atoms with Gasteiger partial charge in [0.15, 0.2) is 0 Å². The number of tetrazole rings is 1. The van der Waals surface area contributed by atoms with Gasteiger partial charge in [-0.25, -0.2) is 0 Å². The van der Waals surface area contributed by atoms with Gasteiger partial charge in [-0.3, -0.25) is 4.79 Å². The summed E-state index contributed by atoms with van der Waals surface area (Å²) in [7, 11) is 0. The summed E-state index contributed by atoms with van der Waals surface area (Å²) in [6, 6.07) is -0.344. The normalized spacial score (nSPS) is 42.7. The molecule has 0 radical (unpaired) electrons. The number of aliphatic hydroxyl groups is 1. The van der Waals surface area contributed by atoms with Crippen LogP contribution in [0.25, 0.3) is 0 Å². The summed E-state index contributed by atoms with van der Waals surface area (Å²) in [5.74, 6) is -0.130. The molecule has 6 N–H and O–H groups in total. The third kappa shape index (κ3) is 5.33. The second-order valence-electron chi connectivity index (χ2n) is 18.7. The SMILES string of the molecule is CC(C)[C@@H](C)[C@@]1(C)CC[C@]2(C)[C@H]3CC[C@H]4C(C)(C)[C@@H](OCC5(N)CCOCC5)[C@H](n5nnc(N)n5)C[C@]4([C@H](C)O)C3=CC[C@@]2(C)[C@@H]1C(=O)O. The number of carboxylic acid groups (broad SMARTS) is 1. The quantitative estimate of drug-likeness (QED) is 0.251. The number of nitrogens with two attached hydrogens (primary N) is 2. The fourth-order valence-electron chi connectivity index (χ4n) is 12.6. The Morgan fingerprint density at radius 2 is 1.73 bits per heavy atom. The molecule has 0 unspecified atom stereocenters. The van der Waals surface area contributed by atoms with Gasteiger partial charge >= 0.3 is 5.97 Å². The first-order chi connectivity index (χ1) is 22.8. The molecule has 11 nitrogen and oxygen atoms in total. The average molecular weight is 685 g/mol. The molecule has 5 aliphatic rings. The maximum Gasteiger partial charge on any atom is 0.307 e. The zero-order valence-corrected chi connectivity index (χ0v) is 31.5. The first kappa shape index (κ1) is 36.7. The van der Waals surface area contributed by atoms with Crippen molar-refractivity contribution in [3.63, 3.8) is 0 Å². The van der Waals surface area contributed by atoms with E-state index in [9.17, 15) is 15.0 Å². The van der Waals surface area contributed by atoms with Gasteiger partial charge in [-0.2, -0.15) is 4.80 Å². The number of aliphatic hydroxyl groups excluding tert-OH is 1. The van der Waals surface area contributed by atoms with Gasteiger partial charge in [0, 0.05) is 24.2 Å². The number of aliphatic carboxylic acids is 1. The number of fused-ring (bicyclic) bond motifs is 5. The van der Waals surface area contributed by atoms with Crippen LogP contribution < -0.4 is 11.5 Å². The molecule has 1 aromatic heterocycles. The highest BCUT2D eigenvalue weighted by Crippen LogP contribution is 2.75. The van der Waals surface area contributed by atoms with Crippen molar-refractivity contribution >= 4 is 11.9 Å². The summed E-state index contributed by atoms with van der Waals surface area (Å²) < 4.78 is 12.5. The highest BCUT2D eigenvalue weighted by molar-refractivity contribution is 5.73. The van der Waals surface area contributed by atoms with Crippen LogP contribution in [0.1, 0.15) is 120 Å². The number of anilines is 1. The molecule has 0 bridgehead atoms. The standard InChI is InChI=1S/C38H64N6O5/c1-22(2)23(3)34(7)14-15-35(8)25-10-11-28-33(5,6)30(49-21-37(40)16-18-48-19-17-37)27(44-42-32(39)41-43-44)20-38(28,24(4)45)26(25)12-13-36(35,9)29(34)31(46)47/h12,22-25,27-30,45H,10-11,13-21,40H2,1-9H3,(H2,39,42)(H,46,47)/t23-,24+,25+,27-,28+,29-,30+,34-,35-,36+,38+/m1/s1. The van der Waals surface area contributed by atoms with E-state index in [1.807, 2.05) is 6.92 Å². The average Bonchev–Trinajstić information content (AvgIpc) is 3.46. The maximum atomic E-state index is 13.5. The highest BCUT2D eigenvalue weighted by Gasteiger charge is 2.71. The van der Waals surface area contributed by atoms with Gasteiger partial charge in [0.2, 0.25) is 0 Å². The van der Waals surface area contributed by atoms with Gasteiger partial charge in [-0.15, -0.1) is 5.10 Å². The number of nitrogen functional groups attached to an aromatic ring is 1. The number of nitrogens with zero attached hydrogens (tertiary/aromatic N) is 4. The van der Waals surface area contributed by atoms with Crippen molar-refractivity contribution in [2.75, 3.05) is 25.6 Å². The van der Waals surface area contributed by atoms with Crippen LogP contribution in [-0.4, -0.2) is 74.0 Å². The molecule has 11 heteroatoms. The van der Waals surface area contributed by atoms with Crippen molar-refractivity contribution in [3.05, 3.63) is 11.6 Å². The summed E-state index contributed by atoms with van der Waals surface area (Å²) in [6.45, 7) is 21.7. The predicted octanol–water partition coefficient (Wildman–Crippen LogP) is 5.65. The van der Waals surface area contributed by atoms with E-state index in [0.29, 0.717) is 38.6 Å². The Morgan fingerprint density at radius 3 is 2.31 bits per heavy atom. The number of rotatable bonds is 8. The van der Waals surface area contributed by atoms with Gasteiger partial charge in [-0.1, -0.05) is 72.1 Å². The van der Waals surface area contributed by atoms with Crippen molar-refractivity contribution in [2.24, 2.45) is 62.4 Å². The lowest BCUT2D eigenvalue weighted by Gasteiger charge is -2.70. The monoisotopic (exact) mass is 684 g/mol. The Kier molecular flexibility index (Phi) is 9.19. The van der Waals surface area contributed by atoms with Crippen LogP contribution in [0.15, 0.2) is 11.6 Å². The maximum absolute atomic E-state index is 13.5. The van der Waals surface area contributed by atoms with Crippen LogP contribution in [0.2, 0.25) is 0 Å². The van der Waals surface area contributed by atoms with E-state index in [1.54, 1.807) is 4.80 Å². The minimum absolute atomic E-state index is 0.103. The van der Waals surface area contributed by atoms with Crippen LogP contribution in [0.5, 0.6) is 0 Å². The fourth-order valence-corrected chi connectivity index (χ4v) is 12.6. The molecule has 4 aliphatic carbocycles. The topological polar surface area (TPSA) is 172 Å². The minimum atomic E-state index is -0.671. The van der Waals surface area contributed by atoms with Crippen molar-refractivity contribution < 1.29 is 24.5 Å². The molecule has 11 atom stereocenters. The number of carboxylic acids is 1. The Labute approximate surface area is 293 Å². The van der Waals surface area contributed by atoms with Gasteiger partial charge in [0.25, 0.3) is 5.95 Å². The molecule has 3 saturated carbocycles. The Hall–Kier alpha value is -2.08. The van der Waals surface area contributed by atoms with E-state index < -0.39 is 39.8 Å². The molecule has 49 heavy (non-hydrogen) atoms. The largest absolute Gasteiger partial charge is 0.481 e. The first-order valence-electron chi connectivity index (χ1n) is 18.9. The van der Waals surface area contributed by atoms with Crippen molar-refractivity contribution in [3.8, 4) is 0 Å². The minimum Gasteiger partial charge on any atom is -0.481 e. The number of aromatic nitrogens is 4. The number of ether oxygens (including phenoxy) is 2. The third-order valence-corrected chi connectivity index (χ3v) is 15.9. The zero-order chi connectivity index (χ0) is 35.9. The first-order valence-corrected chi connectivity index (χ1v) is 18.9. The number of carbonyl (C=O) groups is 1. The summed E-state index contributed by atoms with van der Waals surface area (Å²) in [5.41, 5.74) is 11.7. The summed E-state index contributed by atoms with van der Waals surface area (Å²) in [4.78, 5) is 15.1. The number of hydrogen-bond donors (Lipinski definition) is 4. The zero-order valence-electron chi connectivity index (χ0n) is 31.5. The van der Waals surface area contributed by atoms with Crippen LogP contribution in [-0.2, 0) is 14.3 Å². The summed E-state index contributed by atoms with van der Waals surface area (Å²) >= 11 is 0. The molecular formula is C38H64N6O5. The number of hydrogen-bond acceptors (Lipinski definition) is 9. The molecule has 6 rings (SSSR count). The van der Waals surface area contributed by atoms with E-state index >= 15 is 0 Å². The second-order valence-corrected chi connectivity index (χ2v) is 18.7. The van der Waals surface area contributed by atoms with Crippen LogP contribution in [0.4, 0.5) is 5.95 Å². The van der Waals surface area contributed by atoms with E-state index in [-0.39, 0.29) is 46.7 Å². The Morgan fingerprint density at radius 1 is 1.06 bits per heavy atom. The molecule has 4 fully saturated rings. The molecule has 276 valence electrons. The molecule has 1 saturated heterocycles. The molecule has 1 aromatic rings. The lowest BCUT2D eigenvalue weighted by Crippen LogP contribution is -2.67. The van der Waals surface area contributed by atoms with Crippen molar-refractivity contribution in [1.29, 1.82) is 0 Å². The van der Waals surface area contributed by atoms with E-state index in [0.717, 1.165) is 38.5 Å². The van der Waals surface area contributed by atoms with E-state index in [4.69, 9.17) is 20.9 Å². The van der Waals surface area contributed by atoms with E-state index in [1.165, 1.54) is 5.57 Å². The van der Waals surface area contributed by atoms with Gasteiger partial charge in [0.05, 0.1) is 24.7 Å². The molecular weight excluding hydrogens is 620 g/mol. The molecule has 2 heterocycles. The Balaban J connectivity index is 1.45. The van der Waals surface area contributed by atoms with Crippen molar-refractivity contribution in [1.82, 2.24) is 20.2 Å². The molecule has 1 aliphatic heterocycles. The van der Waals surface area contributed by atoms with Crippen LogP contribution in [0.3, 0.4) is 0 Å². The van der Waals surface area contributed by atoms with Gasteiger partial charge in [-0.05, 0) is 109 Å². The molecule has 0 aromatic carbocycles. The summed E-state index contributed by atoms with van der Waals surface area (Å²) in [5, 5.41) is 36.2. The van der Waals surface area contributed by atoms with Crippen LogP contribution >= 0.6 is 0 Å². The van der Waals surface area contributed by atoms with Gasteiger partial charge in [0.1, 0.15) is 6.04 Å². The molecule has 0 spiro atoms. The van der Waals surface area contributed by atoms with Crippen LogP contribution in [0, 0.1) is 56.7 Å². The number of allylic oxidation sites excluding steroid dienone is 1. The van der Waals surface area contributed by atoms with E-state index in [2.05, 4.69) is 76.9 Å². The lowest BCUT2D eigenvalue weighted by molar-refractivity contribution is -0.217. The predicted molar refractivity (Wildman–Crippen MR) is 188 cm³/mol.